The van der Waals surface area contributed by atoms with Crippen LogP contribution in [0.5, 0.6) is 5.75 Å². The number of hydrogen-bond acceptors (Lipinski definition) is 4. The van der Waals surface area contributed by atoms with E-state index in [0.717, 1.165) is 5.39 Å². The maximum atomic E-state index is 13.7. The molecule has 0 fully saturated rings. The normalized spacial score (nSPS) is 10.8. The quantitative estimate of drug-likeness (QED) is 0.548. The molecule has 0 saturated carbocycles. The topological polar surface area (TPSA) is 76.4 Å². The van der Waals surface area contributed by atoms with E-state index in [1.54, 1.807) is 28.4 Å². The Kier molecular flexibility index (Phi) is 4.64. The zero-order valence-electron chi connectivity index (χ0n) is 12.4. The molecule has 1 aromatic carbocycles. The molecule has 0 radical (unpaired) electrons. The van der Waals surface area contributed by atoms with Gasteiger partial charge in [0.25, 0.3) is 5.91 Å². The van der Waals surface area contributed by atoms with Crippen molar-refractivity contribution in [2.24, 2.45) is 0 Å². The number of fused-ring (bicyclic) bond motifs is 1. The Balaban J connectivity index is 1.74. The van der Waals surface area contributed by atoms with Crippen molar-refractivity contribution in [3.05, 3.63) is 59.1 Å². The average Bonchev–Trinajstić information content (AvgIpc) is 2.98. The maximum Gasteiger partial charge on any atom is 0.293 e. The van der Waals surface area contributed by atoms with Crippen LogP contribution in [0.25, 0.3) is 11.0 Å². The lowest BCUT2D eigenvalue weighted by Crippen LogP contribution is -2.20. The molecule has 0 saturated heterocycles. The highest BCUT2D eigenvalue weighted by atomic mass is 35.5. The van der Waals surface area contributed by atoms with E-state index >= 15 is 0 Å². The van der Waals surface area contributed by atoms with E-state index in [1.807, 2.05) is 6.07 Å². The number of hydrogen-bond donors (Lipinski definition) is 2. The number of pyridine rings is 1. The van der Waals surface area contributed by atoms with Gasteiger partial charge in [-0.3, -0.25) is 10.0 Å². The van der Waals surface area contributed by atoms with Crippen LogP contribution in [0.1, 0.15) is 10.5 Å². The summed E-state index contributed by atoms with van der Waals surface area (Å²) in [4.78, 5) is 15.6. The second kappa shape index (κ2) is 6.86. The fourth-order valence-corrected chi connectivity index (χ4v) is 2.43. The first-order valence-corrected chi connectivity index (χ1v) is 7.44. The van der Waals surface area contributed by atoms with Gasteiger partial charge >= 0.3 is 0 Å². The van der Waals surface area contributed by atoms with Crippen molar-refractivity contribution >= 4 is 28.5 Å². The first-order chi connectivity index (χ1) is 11.6. The smallest absolute Gasteiger partial charge is 0.293 e. The summed E-state index contributed by atoms with van der Waals surface area (Å²) in [6, 6.07) is 9.27. The number of nitrogens with one attached hydrogen (secondary N) is 1. The fourth-order valence-electron chi connectivity index (χ4n) is 2.27. The van der Waals surface area contributed by atoms with Crippen molar-refractivity contribution < 1.29 is 19.1 Å². The highest BCUT2D eigenvalue weighted by Gasteiger charge is 2.10. The van der Waals surface area contributed by atoms with Gasteiger partial charge in [0.15, 0.2) is 11.6 Å². The van der Waals surface area contributed by atoms with Gasteiger partial charge in [0, 0.05) is 16.6 Å². The van der Waals surface area contributed by atoms with E-state index in [1.165, 1.54) is 18.2 Å². The number of amides is 1. The number of carbonyl (C=O) groups is 1. The third kappa shape index (κ3) is 3.32. The standard InChI is InChI=1S/C16H13ClFN3O3/c17-11-2-4-14(12(18)9-11)24-8-7-21-6-5-10-1-3-13(16(22)20-23)19-15(10)21/h1-6,9,23H,7-8H2,(H,20,22). The Morgan fingerprint density at radius 1 is 1.33 bits per heavy atom. The molecule has 1 amide bonds. The predicted octanol–water partition coefficient (Wildman–Crippen LogP) is 3.03. The Morgan fingerprint density at radius 2 is 2.17 bits per heavy atom. The molecule has 6 nitrogen and oxygen atoms in total. The van der Waals surface area contributed by atoms with Crippen LogP contribution in [0.3, 0.4) is 0 Å². The van der Waals surface area contributed by atoms with Gasteiger partial charge in [-0.15, -0.1) is 0 Å². The molecule has 3 rings (SSSR count). The first kappa shape index (κ1) is 16.2. The van der Waals surface area contributed by atoms with Crippen molar-refractivity contribution in [1.29, 1.82) is 0 Å². The maximum absolute atomic E-state index is 13.7. The summed E-state index contributed by atoms with van der Waals surface area (Å²) >= 11 is 5.69. The van der Waals surface area contributed by atoms with Crippen LogP contribution in [0.15, 0.2) is 42.6 Å². The molecule has 24 heavy (non-hydrogen) atoms. The van der Waals surface area contributed by atoms with Gasteiger partial charge < -0.3 is 9.30 Å². The number of ether oxygens (including phenoxy) is 1. The largest absolute Gasteiger partial charge is 0.489 e. The van der Waals surface area contributed by atoms with Crippen molar-refractivity contribution in [3.63, 3.8) is 0 Å². The second-order valence-corrected chi connectivity index (χ2v) is 5.42. The lowest BCUT2D eigenvalue weighted by Gasteiger charge is -2.09. The molecule has 0 aliphatic rings. The molecule has 0 aliphatic carbocycles. The number of nitrogens with zero attached hydrogens (tertiary/aromatic N) is 2. The molecule has 8 heteroatoms. The minimum atomic E-state index is -0.691. The summed E-state index contributed by atoms with van der Waals surface area (Å²) in [5.41, 5.74) is 2.20. The summed E-state index contributed by atoms with van der Waals surface area (Å²) in [7, 11) is 0. The van der Waals surface area contributed by atoms with Crippen molar-refractivity contribution in [1.82, 2.24) is 15.0 Å². The van der Waals surface area contributed by atoms with Crippen LogP contribution in [0, 0.1) is 5.82 Å². The summed E-state index contributed by atoms with van der Waals surface area (Å²) in [5, 5.41) is 9.82. The average molecular weight is 350 g/mol. The van der Waals surface area contributed by atoms with Crippen molar-refractivity contribution in [2.45, 2.75) is 6.54 Å². The number of halogens is 2. The third-order valence-corrected chi connectivity index (χ3v) is 3.66. The van der Waals surface area contributed by atoms with Crippen molar-refractivity contribution in [3.8, 4) is 5.75 Å². The number of aromatic nitrogens is 2. The molecule has 2 heterocycles. The molecule has 0 aliphatic heterocycles. The first-order valence-electron chi connectivity index (χ1n) is 7.06. The molecular weight excluding hydrogens is 337 g/mol. The molecule has 2 N–H and O–H groups in total. The minimum absolute atomic E-state index is 0.0922. The Morgan fingerprint density at radius 3 is 2.92 bits per heavy atom. The predicted molar refractivity (Wildman–Crippen MR) is 85.9 cm³/mol. The Labute approximate surface area is 141 Å². The van der Waals surface area contributed by atoms with E-state index in [2.05, 4.69) is 4.98 Å². The number of rotatable bonds is 5. The molecular formula is C16H13ClFN3O3. The molecule has 0 unspecified atom stereocenters. The van der Waals surface area contributed by atoms with E-state index in [0.29, 0.717) is 17.2 Å². The van der Waals surface area contributed by atoms with Gasteiger partial charge in [0.05, 0.1) is 6.54 Å². The number of benzene rings is 1. The zero-order valence-corrected chi connectivity index (χ0v) is 13.1. The summed E-state index contributed by atoms with van der Waals surface area (Å²) < 4.78 is 20.8. The molecule has 0 bridgehead atoms. The Bertz CT molecular complexity index is 897. The highest BCUT2D eigenvalue weighted by molar-refractivity contribution is 6.30. The van der Waals surface area contributed by atoms with Gasteiger partial charge in [0.2, 0.25) is 0 Å². The van der Waals surface area contributed by atoms with E-state index < -0.39 is 11.7 Å². The molecule has 3 aromatic rings. The second-order valence-electron chi connectivity index (χ2n) is 4.98. The van der Waals surface area contributed by atoms with Gasteiger partial charge in [0.1, 0.15) is 17.9 Å². The Hall–Kier alpha value is -2.64. The molecule has 0 spiro atoms. The van der Waals surface area contributed by atoms with E-state index in [-0.39, 0.29) is 18.1 Å². The van der Waals surface area contributed by atoms with Crippen LogP contribution < -0.4 is 10.2 Å². The highest BCUT2D eigenvalue weighted by Crippen LogP contribution is 2.21. The van der Waals surface area contributed by atoms with Crippen LogP contribution in [-0.2, 0) is 6.54 Å². The van der Waals surface area contributed by atoms with E-state index in [9.17, 15) is 9.18 Å². The SMILES string of the molecule is O=C(NO)c1ccc2ccn(CCOc3ccc(Cl)cc3F)c2n1. The lowest BCUT2D eigenvalue weighted by molar-refractivity contribution is 0.0701. The number of carbonyl (C=O) groups excluding carboxylic acids is 1. The van der Waals surface area contributed by atoms with Crippen molar-refractivity contribution in [2.75, 3.05) is 6.61 Å². The fraction of sp³-hybridized carbons (Fsp3) is 0.125. The lowest BCUT2D eigenvalue weighted by atomic mass is 10.3. The molecule has 0 atom stereocenters. The summed E-state index contributed by atoms with van der Waals surface area (Å²) in [6.45, 7) is 0.614. The van der Waals surface area contributed by atoms with Crippen LogP contribution in [-0.4, -0.2) is 27.3 Å². The third-order valence-electron chi connectivity index (χ3n) is 3.43. The van der Waals surface area contributed by atoms with Gasteiger partial charge in [-0.2, -0.15) is 0 Å². The minimum Gasteiger partial charge on any atom is -0.489 e. The monoisotopic (exact) mass is 349 g/mol. The van der Waals surface area contributed by atoms with Crippen LogP contribution in [0.4, 0.5) is 4.39 Å². The van der Waals surface area contributed by atoms with Crippen LogP contribution >= 0.6 is 11.6 Å². The summed E-state index contributed by atoms with van der Waals surface area (Å²) in [5.74, 6) is -1.10. The van der Waals surface area contributed by atoms with E-state index in [4.69, 9.17) is 21.5 Å². The van der Waals surface area contributed by atoms with Gasteiger partial charge in [-0.05, 0) is 36.4 Å². The van der Waals surface area contributed by atoms with Gasteiger partial charge in [-0.25, -0.2) is 14.9 Å². The molecule has 2 aromatic heterocycles. The molecule has 124 valence electrons. The van der Waals surface area contributed by atoms with Crippen LogP contribution in [0.2, 0.25) is 5.02 Å². The summed E-state index contributed by atoms with van der Waals surface area (Å²) in [6.07, 6.45) is 1.79. The van der Waals surface area contributed by atoms with Gasteiger partial charge in [-0.1, -0.05) is 11.6 Å². The zero-order chi connectivity index (χ0) is 17.1. The number of hydroxylamine groups is 1.